The predicted octanol–water partition coefficient (Wildman–Crippen LogP) is 3.46. The molecule has 0 amide bonds. The highest BCUT2D eigenvalue weighted by Gasteiger charge is 2.18. The van der Waals surface area contributed by atoms with Gasteiger partial charge in [-0.1, -0.05) is 12.1 Å². The molecule has 0 spiro atoms. The number of rotatable bonds is 4. The molecule has 1 atom stereocenters. The molecule has 0 saturated carbocycles. The van der Waals surface area contributed by atoms with E-state index in [1.54, 1.807) is 7.11 Å². The van der Waals surface area contributed by atoms with Crippen molar-refractivity contribution in [3.8, 4) is 5.75 Å². The number of ether oxygens (including phenoxy) is 1. The Balaban J connectivity index is 2.22. The van der Waals surface area contributed by atoms with E-state index < -0.39 is 0 Å². The predicted molar refractivity (Wildman–Crippen MR) is 76.5 cm³/mol. The summed E-state index contributed by atoms with van der Waals surface area (Å²) in [5.41, 5.74) is 9.79. The molecule has 0 fully saturated rings. The van der Waals surface area contributed by atoms with E-state index in [0.29, 0.717) is 0 Å². The smallest absolute Gasteiger partial charge is 0.119 e. The Morgan fingerprint density at radius 3 is 2.53 bits per heavy atom. The summed E-state index contributed by atoms with van der Waals surface area (Å²) in [6.45, 7) is 6.01. The van der Waals surface area contributed by atoms with Crippen LogP contribution in [-0.2, 0) is 6.42 Å². The third-order valence-electron chi connectivity index (χ3n) is 3.58. The largest absolute Gasteiger partial charge is 0.497 e. The molecular formula is C16H21NO2. The Bertz CT molecular complexity index is 572. The van der Waals surface area contributed by atoms with Gasteiger partial charge in [-0.15, -0.1) is 0 Å². The Morgan fingerprint density at radius 1 is 1.21 bits per heavy atom. The Hall–Kier alpha value is -1.74. The summed E-state index contributed by atoms with van der Waals surface area (Å²) in [7, 11) is 1.67. The summed E-state index contributed by atoms with van der Waals surface area (Å²) in [6, 6.07) is 7.97. The summed E-state index contributed by atoms with van der Waals surface area (Å²) in [6.07, 6.45) is 0.776. The maximum atomic E-state index is 6.33. The van der Waals surface area contributed by atoms with Gasteiger partial charge in [0.1, 0.15) is 17.3 Å². The average molecular weight is 259 g/mol. The van der Waals surface area contributed by atoms with Crippen LogP contribution in [0.1, 0.15) is 34.3 Å². The molecule has 19 heavy (non-hydrogen) atoms. The van der Waals surface area contributed by atoms with Gasteiger partial charge < -0.3 is 14.9 Å². The van der Waals surface area contributed by atoms with Crippen LogP contribution in [0.2, 0.25) is 0 Å². The van der Waals surface area contributed by atoms with Crippen molar-refractivity contribution >= 4 is 0 Å². The maximum absolute atomic E-state index is 6.33. The zero-order valence-corrected chi connectivity index (χ0v) is 12.0. The molecule has 0 aliphatic rings. The first kappa shape index (κ1) is 13.7. The Kier molecular flexibility index (Phi) is 3.96. The van der Waals surface area contributed by atoms with Gasteiger partial charge in [-0.05, 0) is 50.5 Å². The van der Waals surface area contributed by atoms with E-state index in [-0.39, 0.29) is 6.04 Å². The van der Waals surface area contributed by atoms with Crippen LogP contribution in [0.3, 0.4) is 0 Å². The van der Waals surface area contributed by atoms with Crippen molar-refractivity contribution in [1.82, 2.24) is 0 Å². The molecule has 0 bridgehead atoms. The van der Waals surface area contributed by atoms with Crippen LogP contribution in [0.4, 0.5) is 0 Å². The summed E-state index contributed by atoms with van der Waals surface area (Å²) >= 11 is 0. The fourth-order valence-corrected chi connectivity index (χ4v) is 2.51. The summed E-state index contributed by atoms with van der Waals surface area (Å²) in [5.74, 6) is 2.74. The lowest BCUT2D eigenvalue weighted by Crippen LogP contribution is -2.14. The highest BCUT2D eigenvalue weighted by Crippen LogP contribution is 2.28. The molecule has 2 aromatic rings. The monoisotopic (exact) mass is 259 g/mol. The first-order chi connectivity index (χ1) is 9.02. The zero-order chi connectivity index (χ0) is 14.0. The third kappa shape index (κ3) is 2.82. The van der Waals surface area contributed by atoms with Gasteiger partial charge in [0.15, 0.2) is 0 Å². The number of hydrogen-bond donors (Lipinski definition) is 1. The molecule has 102 valence electrons. The molecule has 0 aliphatic carbocycles. The summed E-state index contributed by atoms with van der Waals surface area (Å²) in [4.78, 5) is 0. The zero-order valence-electron chi connectivity index (χ0n) is 12.0. The normalized spacial score (nSPS) is 12.5. The van der Waals surface area contributed by atoms with Crippen LogP contribution < -0.4 is 10.5 Å². The van der Waals surface area contributed by atoms with Gasteiger partial charge in [0.05, 0.1) is 7.11 Å². The van der Waals surface area contributed by atoms with Crippen LogP contribution in [0.15, 0.2) is 28.7 Å². The minimum absolute atomic E-state index is 0.0513. The molecule has 1 unspecified atom stereocenters. The number of benzene rings is 1. The second-order valence-electron chi connectivity index (χ2n) is 4.92. The van der Waals surface area contributed by atoms with E-state index in [9.17, 15) is 0 Å². The van der Waals surface area contributed by atoms with Crippen molar-refractivity contribution in [2.45, 2.75) is 33.2 Å². The van der Waals surface area contributed by atoms with Crippen LogP contribution in [-0.4, -0.2) is 7.11 Å². The lowest BCUT2D eigenvalue weighted by molar-refractivity contribution is 0.414. The number of aryl methyl sites for hydroxylation is 2. The van der Waals surface area contributed by atoms with Crippen LogP contribution in [0, 0.1) is 20.8 Å². The van der Waals surface area contributed by atoms with Gasteiger partial charge in [0.25, 0.3) is 0 Å². The summed E-state index contributed by atoms with van der Waals surface area (Å²) in [5, 5.41) is 0. The minimum Gasteiger partial charge on any atom is -0.497 e. The van der Waals surface area contributed by atoms with E-state index in [4.69, 9.17) is 14.9 Å². The van der Waals surface area contributed by atoms with Gasteiger partial charge in [-0.25, -0.2) is 0 Å². The second kappa shape index (κ2) is 5.49. The van der Waals surface area contributed by atoms with E-state index in [2.05, 4.69) is 13.0 Å². The van der Waals surface area contributed by atoms with Gasteiger partial charge in [-0.3, -0.25) is 0 Å². The van der Waals surface area contributed by atoms with Crippen molar-refractivity contribution < 1.29 is 9.15 Å². The first-order valence-electron chi connectivity index (χ1n) is 6.48. The number of methoxy groups -OCH3 is 1. The molecule has 2 N–H and O–H groups in total. The Morgan fingerprint density at radius 2 is 1.95 bits per heavy atom. The van der Waals surface area contributed by atoms with E-state index in [1.165, 1.54) is 5.56 Å². The fourth-order valence-electron chi connectivity index (χ4n) is 2.51. The van der Waals surface area contributed by atoms with Crippen LogP contribution >= 0.6 is 0 Å². The first-order valence-corrected chi connectivity index (χ1v) is 6.48. The summed E-state index contributed by atoms with van der Waals surface area (Å²) < 4.78 is 10.9. The van der Waals surface area contributed by atoms with Crippen LogP contribution in [0.5, 0.6) is 5.75 Å². The standard InChI is InChI=1S/C16H21NO2/c1-10-11(2)19-12(3)16(10)15(17)9-13-6-5-7-14(8-13)18-4/h5-8,15H,9,17H2,1-4H3. The number of nitrogens with two attached hydrogens (primary N) is 1. The number of hydrogen-bond acceptors (Lipinski definition) is 3. The Labute approximate surface area is 114 Å². The van der Waals surface area contributed by atoms with E-state index >= 15 is 0 Å². The van der Waals surface area contributed by atoms with Gasteiger partial charge in [-0.2, -0.15) is 0 Å². The molecule has 0 saturated heterocycles. The lowest BCUT2D eigenvalue weighted by atomic mass is 9.96. The average Bonchev–Trinajstić information content (AvgIpc) is 2.63. The molecule has 2 rings (SSSR count). The van der Waals surface area contributed by atoms with Crippen molar-refractivity contribution in [3.05, 3.63) is 52.5 Å². The SMILES string of the molecule is COc1cccc(CC(N)c2c(C)oc(C)c2C)c1. The maximum Gasteiger partial charge on any atom is 0.119 e. The molecule has 0 radical (unpaired) electrons. The quantitative estimate of drug-likeness (QED) is 0.914. The number of furan rings is 1. The lowest BCUT2D eigenvalue weighted by Gasteiger charge is -2.13. The highest BCUT2D eigenvalue weighted by atomic mass is 16.5. The van der Waals surface area contributed by atoms with Gasteiger partial charge in [0, 0.05) is 11.6 Å². The molecule has 1 heterocycles. The molecule has 3 nitrogen and oxygen atoms in total. The van der Waals surface area contributed by atoms with Gasteiger partial charge in [0.2, 0.25) is 0 Å². The van der Waals surface area contributed by atoms with Crippen molar-refractivity contribution in [3.63, 3.8) is 0 Å². The second-order valence-corrected chi connectivity index (χ2v) is 4.92. The van der Waals surface area contributed by atoms with Crippen LogP contribution in [0.25, 0.3) is 0 Å². The minimum atomic E-state index is -0.0513. The van der Waals surface area contributed by atoms with E-state index in [1.807, 2.05) is 32.0 Å². The van der Waals surface area contributed by atoms with Crippen molar-refractivity contribution in [2.75, 3.05) is 7.11 Å². The molecule has 3 heteroatoms. The highest BCUT2D eigenvalue weighted by molar-refractivity contribution is 5.36. The molecule has 0 aliphatic heterocycles. The van der Waals surface area contributed by atoms with Gasteiger partial charge >= 0.3 is 0 Å². The molecular weight excluding hydrogens is 238 g/mol. The van der Waals surface area contributed by atoms with E-state index in [0.717, 1.165) is 34.8 Å². The van der Waals surface area contributed by atoms with Crippen molar-refractivity contribution in [2.24, 2.45) is 5.73 Å². The molecule has 1 aromatic carbocycles. The third-order valence-corrected chi connectivity index (χ3v) is 3.58. The topological polar surface area (TPSA) is 48.4 Å². The fraction of sp³-hybridized carbons (Fsp3) is 0.375. The molecule has 1 aromatic heterocycles. The van der Waals surface area contributed by atoms with Crippen molar-refractivity contribution in [1.29, 1.82) is 0 Å².